The Kier molecular flexibility index (Phi) is 2.60. The Morgan fingerprint density at radius 3 is 2.86 bits per heavy atom. The predicted octanol–water partition coefficient (Wildman–Crippen LogP) is 1.88. The molecule has 14 heavy (non-hydrogen) atoms. The van der Waals surface area contributed by atoms with E-state index in [-0.39, 0.29) is 6.04 Å². The van der Waals surface area contributed by atoms with Crippen molar-refractivity contribution in [3.8, 4) is 0 Å². The second-order valence-corrected chi connectivity index (χ2v) is 3.60. The van der Waals surface area contributed by atoms with Crippen molar-refractivity contribution < 1.29 is 4.42 Å². The summed E-state index contributed by atoms with van der Waals surface area (Å²) in [7, 11) is 0. The lowest BCUT2D eigenvalue weighted by atomic mass is 10.2. The van der Waals surface area contributed by atoms with E-state index < -0.39 is 0 Å². The normalized spacial score (nSPS) is 12.7. The lowest BCUT2D eigenvalue weighted by Gasteiger charge is -2.07. The largest absolute Gasteiger partial charge is 0.466 e. The quantitative estimate of drug-likeness (QED) is 0.888. The van der Waals surface area contributed by atoms with Crippen molar-refractivity contribution in [2.75, 3.05) is 0 Å². The molecule has 0 saturated heterocycles. The molecule has 0 aromatic carbocycles. The maximum Gasteiger partial charge on any atom is 0.140 e. The van der Waals surface area contributed by atoms with Crippen LogP contribution in [0.15, 0.2) is 39.8 Å². The summed E-state index contributed by atoms with van der Waals surface area (Å²) in [6, 6.07) is 1.42. The number of nitrogens with two attached hydrogens (primary N) is 1. The van der Waals surface area contributed by atoms with Gasteiger partial charge in [0.2, 0.25) is 0 Å². The van der Waals surface area contributed by atoms with E-state index >= 15 is 0 Å². The molecule has 1 unspecified atom stereocenters. The fourth-order valence-corrected chi connectivity index (χ4v) is 1.58. The monoisotopic (exact) mass is 253 g/mol. The van der Waals surface area contributed by atoms with Gasteiger partial charge in [0, 0.05) is 12.4 Å². The van der Waals surface area contributed by atoms with E-state index in [1.165, 1.54) is 0 Å². The van der Waals surface area contributed by atoms with E-state index in [1.807, 2.05) is 0 Å². The van der Waals surface area contributed by atoms with Gasteiger partial charge in [-0.1, -0.05) is 0 Å². The van der Waals surface area contributed by atoms with Crippen LogP contribution >= 0.6 is 15.9 Å². The summed E-state index contributed by atoms with van der Waals surface area (Å²) in [5, 5.41) is 0. The van der Waals surface area contributed by atoms with Crippen molar-refractivity contribution in [1.82, 2.24) is 9.97 Å². The van der Waals surface area contributed by atoms with E-state index in [2.05, 4.69) is 25.9 Å². The van der Waals surface area contributed by atoms with Crippen LogP contribution in [0.4, 0.5) is 0 Å². The van der Waals surface area contributed by atoms with Gasteiger partial charge in [0.15, 0.2) is 0 Å². The number of halogens is 1. The molecule has 2 rings (SSSR count). The highest BCUT2D eigenvalue weighted by Gasteiger charge is 2.16. The van der Waals surface area contributed by atoms with Gasteiger partial charge >= 0.3 is 0 Å². The molecule has 0 saturated carbocycles. The van der Waals surface area contributed by atoms with Gasteiger partial charge in [0.1, 0.15) is 11.8 Å². The Balaban J connectivity index is 2.34. The lowest BCUT2D eigenvalue weighted by molar-refractivity contribution is 0.483. The maximum atomic E-state index is 5.94. The van der Waals surface area contributed by atoms with Crippen LogP contribution in [0.2, 0.25) is 0 Å². The number of hydrogen-bond donors (Lipinski definition) is 1. The molecule has 0 aliphatic rings. The van der Waals surface area contributed by atoms with Crippen molar-refractivity contribution >= 4 is 15.9 Å². The number of hydrogen-bond acceptors (Lipinski definition) is 4. The molecule has 0 amide bonds. The highest BCUT2D eigenvalue weighted by atomic mass is 79.9. The second-order valence-electron chi connectivity index (χ2n) is 2.74. The summed E-state index contributed by atoms with van der Waals surface area (Å²) in [6.07, 6.45) is 6.41. The first-order chi connectivity index (χ1) is 6.79. The van der Waals surface area contributed by atoms with Gasteiger partial charge in [-0.25, -0.2) is 0 Å². The fourth-order valence-electron chi connectivity index (χ4n) is 1.13. The first-order valence-corrected chi connectivity index (χ1v) is 4.82. The Bertz CT molecular complexity index is 415. The van der Waals surface area contributed by atoms with Crippen molar-refractivity contribution in [2.24, 2.45) is 5.73 Å². The summed E-state index contributed by atoms with van der Waals surface area (Å²) in [4.78, 5) is 8.05. The SMILES string of the molecule is NC(c1cnccn1)c1occc1Br. The zero-order valence-corrected chi connectivity index (χ0v) is 8.81. The minimum absolute atomic E-state index is 0.381. The number of furan rings is 1. The highest BCUT2D eigenvalue weighted by molar-refractivity contribution is 9.10. The predicted molar refractivity (Wildman–Crippen MR) is 54.5 cm³/mol. The smallest absolute Gasteiger partial charge is 0.140 e. The van der Waals surface area contributed by atoms with E-state index in [0.29, 0.717) is 11.5 Å². The minimum atomic E-state index is -0.381. The molecule has 4 nitrogen and oxygen atoms in total. The van der Waals surface area contributed by atoms with Crippen LogP contribution in [-0.4, -0.2) is 9.97 Å². The van der Waals surface area contributed by atoms with Crippen molar-refractivity contribution in [2.45, 2.75) is 6.04 Å². The van der Waals surface area contributed by atoms with E-state index in [4.69, 9.17) is 10.2 Å². The van der Waals surface area contributed by atoms with Crippen LogP contribution in [0.1, 0.15) is 17.5 Å². The summed E-state index contributed by atoms with van der Waals surface area (Å²) in [5.41, 5.74) is 6.62. The molecule has 0 aliphatic carbocycles. The molecule has 2 heterocycles. The third-order valence-electron chi connectivity index (χ3n) is 1.83. The van der Waals surface area contributed by atoms with Gasteiger partial charge in [0.25, 0.3) is 0 Å². The summed E-state index contributed by atoms with van der Waals surface area (Å²) in [6.45, 7) is 0. The molecule has 0 fully saturated rings. The molecule has 2 N–H and O–H groups in total. The molecular formula is C9H8BrN3O. The van der Waals surface area contributed by atoms with Gasteiger partial charge in [-0.2, -0.15) is 0 Å². The maximum absolute atomic E-state index is 5.94. The summed E-state index contributed by atoms with van der Waals surface area (Å²) in [5.74, 6) is 0.658. The molecule has 2 aromatic rings. The van der Waals surface area contributed by atoms with Gasteiger partial charge < -0.3 is 10.2 Å². The van der Waals surface area contributed by atoms with Crippen LogP contribution in [0.25, 0.3) is 0 Å². The summed E-state index contributed by atoms with van der Waals surface area (Å²) >= 11 is 3.34. The molecular weight excluding hydrogens is 246 g/mol. The van der Waals surface area contributed by atoms with Gasteiger partial charge in [0.05, 0.1) is 22.6 Å². The molecule has 0 bridgehead atoms. The number of aromatic nitrogens is 2. The van der Waals surface area contributed by atoms with Crippen molar-refractivity contribution in [3.05, 3.63) is 46.8 Å². The van der Waals surface area contributed by atoms with Gasteiger partial charge in [-0.15, -0.1) is 0 Å². The van der Waals surface area contributed by atoms with Crippen LogP contribution in [0, 0.1) is 0 Å². The average Bonchev–Trinajstić information content (AvgIpc) is 2.65. The van der Waals surface area contributed by atoms with Crippen LogP contribution < -0.4 is 5.73 Å². The zero-order valence-electron chi connectivity index (χ0n) is 7.22. The third kappa shape index (κ3) is 1.69. The van der Waals surface area contributed by atoms with Crippen LogP contribution in [0.3, 0.4) is 0 Å². The molecule has 72 valence electrons. The van der Waals surface area contributed by atoms with Crippen LogP contribution in [0.5, 0.6) is 0 Å². The Hall–Kier alpha value is -1.20. The lowest BCUT2D eigenvalue weighted by Crippen LogP contribution is -2.13. The standard InChI is InChI=1S/C9H8BrN3O/c10-6-1-4-14-9(6)8(11)7-5-12-2-3-13-7/h1-5,8H,11H2. The van der Waals surface area contributed by atoms with E-state index in [1.54, 1.807) is 30.9 Å². The topological polar surface area (TPSA) is 64.9 Å². The Morgan fingerprint density at radius 1 is 1.43 bits per heavy atom. The first kappa shape index (κ1) is 9.36. The number of rotatable bonds is 2. The van der Waals surface area contributed by atoms with E-state index in [9.17, 15) is 0 Å². The highest BCUT2D eigenvalue weighted by Crippen LogP contribution is 2.26. The van der Waals surface area contributed by atoms with Gasteiger partial charge in [-0.3, -0.25) is 9.97 Å². The molecule has 2 aromatic heterocycles. The molecule has 0 aliphatic heterocycles. The zero-order chi connectivity index (χ0) is 9.97. The number of nitrogens with zero attached hydrogens (tertiary/aromatic N) is 2. The third-order valence-corrected chi connectivity index (χ3v) is 2.48. The van der Waals surface area contributed by atoms with Gasteiger partial charge in [-0.05, 0) is 22.0 Å². The van der Waals surface area contributed by atoms with Crippen molar-refractivity contribution in [1.29, 1.82) is 0 Å². The molecule has 5 heteroatoms. The van der Waals surface area contributed by atoms with Crippen LogP contribution in [-0.2, 0) is 0 Å². The first-order valence-electron chi connectivity index (χ1n) is 4.03. The average molecular weight is 254 g/mol. The van der Waals surface area contributed by atoms with Crippen molar-refractivity contribution in [3.63, 3.8) is 0 Å². The minimum Gasteiger partial charge on any atom is -0.466 e. The molecule has 1 atom stereocenters. The summed E-state index contributed by atoms with van der Waals surface area (Å²) < 4.78 is 6.08. The van der Waals surface area contributed by atoms with E-state index in [0.717, 1.165) is 4.47 Å². The molecule has 0 spiro atoms. The second kappa shape index (κ2) is 3.89. The Morgan fingerprint density at radius 2 is 2.29 bits per heavy atom. The Labute approximate surface area is 89.3 Å². The fraction of sp³-hybridized carbons (Fsp3) is 0.111. The molecule has 0 radical (unpaired) electrons.